The van der Waals surface area contributed by atoms with Crippen LogP contribution in [-0.2, 0) is 23.7 Å². The molecule has 21 nitrogen and oxygen atoms in total. The number of nitrogens with zero attached hydrogens (tertiary/aromatic N) is 9. The first kappa shape index (κ1) is 61.5. The summed E-state index contributed by atoms with van der Waals surface area (Å²) in [6.07, 6.45) is -6.48. The number of amides is 1. The number of carbonyl (C=O) groups excluding carboxylic acids is 1. The van der Waals surface area contributed by atoms with E-state index in [0.29, 0.717) is 25.8 Å². The van der Waals surface area contributed by atoms with Crippen LogP contribution in [0.1, 0.15) is 35.9 Å². The molecular formula is C51H42Cl6F4N12O9S. The monoisotopic (exact) mass is 1280 g/mol. The van der Waals surface area contributed by atoms with Crippen LogP contribution in [0.25, 0.3) is 28.2 Å². The number of anilines is 1. The van der Waals surface area contributed by atoms with Crippen LogP contribution >= 0.6 is 81.8 Å². The third-order valence-corrected chi connectivity index (χ3v) is 15.0. The molecular weight excluding hydrogens is 1250 g/mol. The maximum absolute atomic E-state index is 14.0. The van der Waals surface area contributed by atoms with Gasteiger partial charge in [-0.15, -0.1) is 20.4 Å². The molecule has 83 heavy (non-hydrogen) atoms. The smallest absolute Gasteiger partial charge is 0.265 e. The van der Waals surface area contributed by atoms with E-state index in [0.717, 1.165) is 40.2 Å². The molecule has 1 unspecified atom stereocenters. The molecule has 1 amide bonds. The maximum Gasteiger partial charge on any atom is 0.265 e. The van der Waals surface area contributed by atoms with E-state index in [1.165, 1.54) is 33.5 Å². The molecule has 3 aliphatic rings. The summed E-state index contributed by atoms with van der Waals surface area (Å²) in [5.74, 6) is 0.722. The molecule has 0 radical (unpaired) electrons. The second-order valence-corrected chi connectivity index (χ2v) is 20.9. The Bertz CT molecular complexity index is 3580. The molecule has 8 aromatic rings. The van der Waals surface area contributed by atoms with Crippen LogP contribution in [0, 0.1) is 23.3 Å². The van der Waals surface area contributed by atoms with Crippen molar-refractivity contribution < 1.29 is 61.7 Å². The van der Waals surface area contributed by atoms with Gasteiger partial charge in [-0.2, -0.15) is 0 Å². The van der Waals surface area contributed by atoms with Crippen LogP contribution in [0.5, 0.6) is 0 Å². The van der Waals surface area contributed by atoms with E-state index >= 15 is 0 Å². The number of nitrogens with two attached hydrogens (primary N) is 1. The molecule has 0 spiro atoms. The van der Waals surface area contributed by atoms with Gasteiger partial charge in [0.15, 0.2) is 18.2 Å². The Morgan fingerprint density at radius 3 is 1.88 bits per heavy atom. The molecule has 6 heterocycles. The summed E-state index contributed by atoms with van der Waals surface area (Å²) in [4.78, 5) is 12.3. The number of rotatable bonds is 11. The van der Waals surface area contributed by atoms with Crippen molar-refractivity contribution in [2.75, 3.05) is 18.5 Å². The fraction of sp³-hybridized carbons (Fsp3) is 0.255. The minimum absolute atomic E-state index is 0.0345. The SMILES string of the molecule is NNC(=O)[C@@H]1O[C@@H]2COC(c3ccccc3)O[C@@H]2[C@H](n2cc(-c3cc(F)c(Cl)c(F)c3)nn2)[C@H]1O.OC[C@H]1O[C@@H](c2nncn2-c2cc(Cl)ccc2Cl)[C@H](O)[C@@H](n2cc(-c3cc(F)c(Cl)c(F)c3)nn2)[C@H]1O.S=CNc1cc(Cl)ccc1Cl. The molecule has 0 saturated carbocycles. The molecule has 3 fully saturated rings. The number of fused-ring (bicyclic) bond motifs is 1. The van der Waals surface area contributed by atoms with Gasteiger partial charge in [0.25, 0.3) is 5.91 Å². The third kappa shape index (κ3) is 13.4. The molecule has 32 heteroatoms. The number of benzene rings is 5. The van der Waals surface area contributed by atoms with E-state index < -0.39 is 113 Å². The first-order chi connectivity index (χ1) is 39.8. The summed E-state index contributed by atoms with van der Waals surface area (Å²) in [7, 11) is 0. The standard InChI is InChI=1S/C22H17Cl3F2N6O4.C22H20ClF2N5O5.C7H5Cl2NS/c23-10-1-2-11(24)15(5-10)32-8-28-30-22(32)21-20(36)18(19(35)16(7-34)37-21)33-6-14(29-31-33)9-3-12(26)17(25)13(27)4-9;23-16-12(24)6-11(7-13(16)25)14-8-30(29-28-14)17-18(31)20(21(32)27-26)34-15-9-33-22(35-19(15)17)10-4-2-1-3-5-10;8-5-1-2-6(9)7(3-5)10-4-11/h1-6,8,16,18-21,34-36H,7H2;1-8,15,17-20,22,31H,9,26H2,(H,27,32);1-4H,(H,10,11)/t16-,18+,19+,20-,21-;15-,17-,18-,19+,20-,22?;/m11./s1. The second-order valence-electron chi connectivity index (χ2n) is 18.2. The van der Waals surface area contributed by atoms with E-state index in [1.807, 2.05) is 35.8 Å². The Balaban J connectivity index is 0.000000169. The van der Waals surface area contributed by atoms with Gasteiger partial charge in [-0.25, -0.2) is 32.8 Å². The number of aromatic nitrogens is 9. The van der Waals surface area contributed by atoms with Crippen LogP contribution in [0.15, 0.2) is 110 Å². The van der Waals surface area contributed by atoms with Crippen molar-refractivity contribution in [2.45, 2.75) is 67.2 Å². The average Bonchev–Trinajstić information content (AvgIpc) is 3.97. The zero-order chi connectivity index (χ0) is 59.4. The zero-order valence-corrected chi connectivity index (χ0v) is 47.2. The Hall–Kier alpha value is -6.02. The number of carbonyl (C=O) groups is 1. The first-order valence-corrected chi connectivity index (χ1v) is 27.0. The normalized spacial score (nSPS) is 23.9. The number of hydrazine groups is 1. The highest BCUT2D eigenvalue weighted by Crippen LogP contribution is 2.42. The molecule has 3 aliphatic heterocycles. The first-order valence-electron chi connectivity index (χ1n) is 24.2. The highest BCUT2D eigenvalue weighted by Gasteiger charge is 2.53. The minimum Gasteiger partial charge on any atom is -0.394 e. The van der Waals surface area contributed by atoms with Gasteiger partial charge in [-0.1, -0.05) is 123 Å². The lowest BCUT2D eigenvalue weighted by Gasteiger charge is -2.47. The van der Waals surface area contributed by atoms with Crippen molar-refractivity contribution >= 4 is 98.9 Å². The number of aliphatic hydroxyl groups is 4. The lowest BCUT2D eigenvalue weighted by Crippen LogP contribution is -2.63. The third-order valence-electron chi connectivity index (χ3n) is 13.1. The van der Waals surface area contributed by atoms with Crippen molar-refractivity contribution in [3.63, 3.8) is 0 Å². The molecule has 3 aromatic heterocycles. The van der Waals surface area contributed by atoms with E-state index in [-0.39, 0.29) is 34.9 Å². The number of nitrogens with one attached hydrogen (secondary N) is 2. The summed E-state index contributed by atoms with van der Waals surface area (Å²) in [6, 6.07) is 20.8. The largest absolute Gasteiger partial charge is 0.394 e. The Morgan fingerprint density at radius 1 is 0.723 bits per heavy atom. The summed E-state index contributed by atoms with van der Waals surface area (Å²) in [5, 5.41) is 70.4. The van der Waals surface area contributed by atoms with Gasteiger partial charge in [-0.3, -0.25) is 14.8 Å². The highest BCUT2D eigenvalue weighted by molar-refractivity contribution is 7.79. The van der Waals surface area contributed by atoms with Gasteiger partial charge in [0.05, 0.1) is 52.5 Å². The number of thiocarbonyl (C=S) groups is 1. The van der Waals surface area contributed by atoms with E-state index in [2.05, 4.69) is 48.4 Å². The van der Waals surface area contributed by atoms with E-state index in [9.17, 15) is 42.8 Å². The van der Waals surface area contributed by atoms with Crippen LogP contribution in [0.4, 0.5) is 23.2 Å². The van der Waals surface area contributed by atoms with Gasteiger partial charge in [0, 0.05) is 26.7 Å². The number of hydrogen-bond acceptors (Lipinski definition) is 17. The van der Waals surface area contributed by atoms with Crippen molar-refractivity contribution in [3.8, 4) is 28.2 Å². The predicted molar refractivity (Wildman–Crippen MR) is 298 cm³/mol. The summed E-state index contributed by atoms with van der Waals surface area (Å²) < 4.78 is 83.2. The topological polar surface area (TPSA) is 277 Å². The number of aliphatic hydroxyl groups excluding tert-OH is 4. The number of ether oxygens (including phenoxy) is 4. The molecule has 0 bridgehead atoms. The Morgan fingerprint density at radius 2 is 1.30 bits per heavy atom. The molecule has 436 valence electrons. The Labute approximate surface area is 502 Å². The molecule has 11 rings (SSSR count). The minimum atomic E-state index is -1.49. The maximum atomic E-state index is 14.0. The molecule has 11 atom stereocenters. The van der Waals surface area contributed by atoms with Gasteiger partial charge in [-0.05, 0) is 60.7 Å². The Kier molecular flexibility index (Phi) is 20.0. The fourth-order valence-electron chi connectivity index (χ4n) is 9.11. The average molecular weight is 1290 g/mol. The van der Waals surface area contributed by atoms with Crippen LogP contribution in [0.3, 0.4) is 0 Å². The summed E-state index contributed by atoms with van der Waals surface area (Å²) >= 11 is 39.7. The molecule has 8 N–H and O–H groups in total. The van der Waals surface area contributed by atoms with Crippen molar-refractivity contribution in [3.05, 3.63) is 175 Å². The van der Waals surface area contributed by atoms with Gasteiger partial charge in [0.1, 0.15) is 106 Å². The van der Waals surface area contributed by atoms with Gasteiger partial charge < -0.3 is 44.7 Å². The van der Waals surface area contributed by atoms with Crippen LogP contribution < -0.4 is 16.6 Å². The van der Waals surface area contributed by atoms with Crippen LogP contribution in [-0.4, -0.2) is 133 Å². The predicted octanol–water partition coefficient (Wildman–Crippen LogP) is 8.17. The summed E-state index contributed by atoms with van der Waals surface area (Å²) in [6.45, 7) is -0.556. The number of hydrogen-bond donors (Lipinski definition) is 7. The molecule has 5 aromatic carbocycles. The summed E-state index contributed by atoms with van der Waals surface area (Å²) in [5.41, 5.74) is 5.51. The zero-order valence-electron chi connectivity index (χ0n) is 41.9. The van der Waals surface area contributed by atoms with Crippen molar-refractivity contribution in [1.29, 1.82) is 0 Å². The molecule has 0 aliphatic carbocycles. The second kappa shape index (κ2) is 26.9. The molecule has 3 saturated heterocycles. The lowest BCUT2D eigenvalue weighted by molar-refractivity contribution is -0.312. The van der Waals surface area contributed by atoms with Gasteiger partial charge in [0.2, 0.25) is 0 Å². The lowest BCUT2D eigenvalue weighted by atomic mass is 9.91. The highest BCUT2D eigenvalue weighted by atomic mass is 35.5. The van der Waals surface area contributed by atoms with Crippen molar-refractivity contribution in [2.24, 2.45) is 5.84 Å². The van der Waals surface area contributed by atoms with Gasteiger partial charge >= 0.3 is 0 Å². The van der Waals surface area contributed by atoms with E-state index in [1.54, 1.807) is 36.4 Å². The van der Waals surface area contributed by atoms with Crippen LogP contribution in [0.2, 0.25) is 30.1 Å². The number of halogens is 10. The quantitative estimate of drug-likeness (QED) is 0.0161. The van der Waals surface area contributed by atoms with Crippen molar-refractivity contribution in [1.82, 2.24) is 50.2 Å². The van der Waals surface area contributed by atoms with E-state index in [4.69, 9.17) is 94.4 Å². The fourth-order valence-corrected chi connectivity index (χ4v) is 10.2.